The molecule has 0 spiro atoms. The van der Waals surface area contributed by atoms with Gasteiger partial charge in [0.2, 0.25) is 0 Å². The van der Waals surface area contributed by atoms with Crippen LogP contribution in [0.2, 0.25) is 0 Å². The number of rotatable bonds is 4. The van der Waals surface area contributed by atoms with E-state index in [4.69, 9.17) is 0 Å². The summed E-state index contributed by atoms with van der Waals surface area (Å²) >= 11 is 0. The van der Waals surface area contributed by atoms with E-state index in [9.17, 15) is 13.2 Å². The van der Waals surface area contributed by atoms with Crippen molar-refractivity contribution in [2.45, 2.75) is 38.8 Å². The predicted molar refractivity (Wildman–Crippen MR) is 79.4 cm³/mol. The number of halogens is 3. The summed E-state index contributed by atoms with van der Waals surface area (Å²) in [6.07, 6.45) is -0.736. The lowest BCUT2D eigenvalue weighted by Gasteiger charge is -2.14. The van der Waals surface area contributed by atoms with Gasteiger partial charge in [0, 0.05) is 12.1 Å². The number of hydrogen-bond donors (Lipinski definition) is 1. The van der Waals surface area contributed by atoms with E-state index in [2.05, 4.69) is 17.3 Å². The Kier molecular flexibility index (Phi) is 3.85. The number of aryl methyl sites for hydroxylation is 1. The smallest absolute Gasteiger partial charge is 0.369 e. The van der Waals surface area contributed by atoms with Crippen LogP contribution in [0.15, 0.2) is 24.3 Å². The first-order valence-electron chi connectivity index (χ1n) is 7.53. The maximum absolute atomic E-state index is 13.2. The van der Waals surface area contributed by atoms with E-state index in [0.29, 0.717) is 5.82 Å². The minimum atomic E-state index is -4.39. The number of anilines is 1. The normalized spacial score (nSPS) is 14.0. The zero-order chi connectivity index (χ0) is 15.7. The van der Waals surface area contributed by atoms with Crippen molar-refractivity contribution >= 4 is 5.82 Å². The van der Waals surface area contributed by atoms with E-state index >= 15 is 0 Å². The van der Waals surface area contributed by atoms with Gasteiger partial charge in [-0.3, -0.25) is 0 Å². The molecule has 1 aliphatic heterocycles. The number of aromatic nitrogens is 2. The van der Waals surface area contributed by atoms with E-state index in [-0.39, 0.29) is 5.69 Å². The van der Waals surface area contributed by atoms with Gasteiger partial charge in [-0.05, 0) is 31.4 Å². The van der Waals surface area contributed by atoms with E-state index < -0.39 is 11.7 Å². The standard InChI is InChI=1S/C16H18F3N3/c1-2-3-7-13-11-9-10-20-15(11)22(21-13)14-8-5-4-6-12(14)16(17,18)19/h4-6,8,20H,2-3,7,9-10H2,1H3. The lowest BCUT2D eigenvalue weighted by Crippen LogP contribution is -2.13. The highest BCUT2D eigenvalue weighted by Crippen LogP contribution is 2.37. The number of alkyl halides is 3. The molecule has 118 valence electrons. The molecular weight excluding hydrogens is 291 g/mol. The van der Waals surface area contributed by atoms with Crippen LogP contribution in [0.1, 0.15) is 36.6 Å². The monoisotopic (exact) mass is 309 g/mol. The molecule has 22 heavy (non-hydrogen) atoms. The molecule has 1 aromatic carbocycles. The van der Waals surface area contributed by atoms with Gasteiger partial charge < -0.3 is 5.32 Å². The minimum absolute atomic E-state index is 0.0865. The van der Waals surface area contributed by atoms with E-state index in [0.717, 1.165) is 49.6 Å². The Hall–Kier alpha value is -1.98. The molecule has 0 saturated heterocycles. The number of benzene rings is 1. The SMILES string of the molecule is CCCCc1nn(-c2ccccc2C(F)(F)F)c2c1CCN2. The van der Waals surface area contributed by atoms with Gasteiger partial charge in [0.15, 0.2) is 0 Å². The van der Waals surface area contributed by atoms with Crippen molar-refractivity contribution in [2.24, 2.45) is 0 Å². The van der Waals surface area contributed by atoms with Crippen LogP contribution in [0.5, 0.6) is 0 Å². The van der Waals surface area contributed by atoms with Crippen LogP contribution in [0.4, 0.5) is 19.0 Å². The van der Waals surface area contributed by atoms with Crippen molar-refractivity contribution in [2.75, 3.05) is 11.9 Å². The first kappa shape index (κ1) is 14.9. The van der Waals surface area contributed by atoms with Gasteiger partial charge in [0.05, 0.1) is 16.9 Å². The number of fused-ring (bicyclic) bond motifs is 1. The predicted octanol–water partition coefficient (Wildman–Crippen LogP) is 4.20. The van der Waals surface area contributed by atoms with Crippen LogP contribution >= 0.6 is 0 Å². The molecule has 0 amide bonds. The Morgan fingerprint density at radius 2 is 2.05 bits per heavy atom. The Bertz CT molecular complexity index is 674. The maximum Gasteiger partial charge on any atom is 0.418 e. The highest BCUT2D eigenvalue weighted by Gasteiger charge is 2.35. The molecule has 0 atom stereocenters. The van der Waals surface area contributed by atoms with Crippen molar-refractivity contribution in [3.05, 3.63) is 41.1 Å². The molecule has 2 aromatic rings. The molecular formula is C16H18F3N3. The molecule has 3 rings (SSSR count). The minimum Gasteiger partial charge on any atom is -0.369 e. The summed E-state index contributed by atoms with van der Waals surface area (Å²) in [5, 5.41) is 7.64. The van der Waals surface area contributed by atoms with Crippen molar-refractivity contribution < 1.29 is 13.2 Å². The summed E-state index contributed by atoms with van der Waals surface area (Å²) in [5.41, 5.74) is 1.41. The molecule has 0 saturated carbocycles. The second-order valence-corrected chi connectivity index (χ2v) is 5.48. The van der Waals surface area contributed by atoms with Gasteiger partial charge in [-0.1, -0.05) is 25.5 Å². The fourth-order valence-electron chi connectivity index (χ4n) is 2.86. The van der Waals surface area contributed by atoms with E-state index in [1.54, 1.807) is 6.07 Å². The lowest BCUT2D eigenvalue weighted by molar-refractivity contribution is -0.137. The number of unbranched alkanes of at least 4 members (excludes halogenated alkanes) is 1. The highest BCUT2D eigenvalue weighted by atomic mass is 19.4. The molecule has 0 radical (unpaired) electrons. The number of para-hydroxylation sites is 1. The topological polar surface area (TPSA) is 29.9 Å². The van der Waals surface area contributed by atoms with Crippen molar-refractivity contribution in [3.8, 4) is 5.69 Å². The van der Waals surface area contributed by atoms with E-state index in [1.165, 1.54) is 16.8 Å². The molecule has 1 N–H and O–H groups in total. The molecule has 2 heterocycles. The summed E-state index contributed by atoms with van der Waals surface area (Å²) < 4.78 is 41.1. The molecule has 0 aliphatic carbocycles. The van der Waals surface area contributed by atoms with Crippen LogP contribution in [0.3, 0.4) is 0 Å². The zero-order valence-electron chi connectivity index (χ0n) is 12.4. The Labute approximate surface area is 127 Å². The summed E-state index contributed by atoms with van der Waals surface area (Å²) in [5.74, 6) is 0.711. The summed E-state index contributed by atoms with van der Waals surface area (Å²) in [4.78, 5) is 0. The second-order valence-electron chi connectivity index (χ2n) is 5.48. The third-order valence-corrected chi connectivity index (χ3v) is 3.94. The number of hydrogen-bond acceptors (Lipinski definition) is 2. The fourth-order valence-corrected chi connectivity index (χ4v) is 2.86. The molecule has 0 bridgehead atoms. The Morgan fingerprint density at radius 3 is 2.77 bits per heavy atom. The summed E-state index contributed by atoms with van der Waals surface area (Å²) in [7, 11) is 0. The highest BCUT2D eigenvalue weighted by molar-refractivity contribution is 5.58. The zero-order valence-corrected chi connectivity index (χ0v) is 12.4. The van der Waals surface area contributed by atoms with E-state index in [1.807, 2.05) is 0 Å². The number of nitrogens with zero attached hydrogens (tertiary/aromatic N) is 2. The third-order valence-electron chi connectivity index (χ3n) is 3.94. The quantitative estimate of drug-likeness (QED) is 0.917. The van der Waals surface area contributed by atoms with Gasteiger partial charge in [-0.25, -0.2) is 4.68 Å². The summed E-state index contributed by atoms with van der Waals surface area (Å²) in [6.45, 7) is 2.84. The molecule has 0 fully saturated rings. The Morgan fingerprint density at radius 1 is 1.27 bits per heavy atom. The average molecular weight is 309 g/mol. The molecule has 6 heteroatoms. The second kappa shape index (κ2) is 5.66. The van der Waals surface area contributed by atoms with Gasteiger partial charge in [-0.15, -0.1) is 0 Å². The van der Waals surface area contributed by atoms with Crippen LogP contribution in [0, 0.1) is 0 Å². The molecule has 3 nitrogen and oxygen atoms in total. The molecule has 1 aromatic heterocycles. The summed E-state index contributed by atoms with van der Waals surface area (Å²) in [6, 6.07) is 5.59. The van der Waals surface area contributed by atoms with Crippen molar-refractivity contribution in [1.29, 1.82) is 0 Å². The van der Waals surface area contributed by atoms with Gasteiger partial charge in [0.1, 0.15) is 5.82 Å². The fraction of sp³-hybridized carbons (Fsp3) is 0.438. The van der Waals surface area contributed by atoms with Crippen molar-refractivity contribution in [1.82, 2.24) is 9.78 Å². The van der Waals surface area contributed by atoms with Crippen LogP contribution < -0.4 is 5.32 Å². The lowest BCUT2D eigenvalue weighted by atomic mass is 10.1. The first-order chi connectivity index (χ1) is 10.5. The van der Waals surface area contributed by atoms with Crippen LogP contribution in [0.25, 0.3) is 5.69 Å². The molecule has 0 unspecified atom stereocenters. The first-order valence-corrected chi connectivity index (χ1v) is 7.53. The van der Waals surface area contributed by atoms with Crippen LogP contribution in [-0.4, -0.2) is 16.3 Å². The van der Waals surface area contributed by atoms with Crippen LogP contribution in [-0.2, 0) is 19.0 Å². The van der Waals surface area contributed by atoms with Gasteiger partial charge >= 0.3 is 6.18 Å². The Balaban J connectivity index is 2.10. The van der Waals surface area contributed by atoms with Crippen molar-refractivity contribution in [3.63, 3.8) is 0 Å². The molecule has 1 aliphatic rings. The average Bonchev–Trinajstić information content (AvgIpc) is 3.07. The third kappa shape index (κ3) is 2.58. The number of nitrogens with one attached hydrogen (secondary N) is 1. The van der Waals surface area contributed by atoms with Gasteiger partial charge in [-0.2, -0.15) is 18.3 Å². The van der Waals surface area contributed by atoms with Gasteiger partial charge in [0.25, 0.3) is 0 Å². The maximum atomic E-state index is 13.2. The largest absolute Gasteiger partial charge is 0.418 e.